The fourth-order valence-corrected chi connectivity index (χ4v) is 1.29. The fourth-order valence-electron chi connectivity index (χ4n) is 1.29. The predicted molar refractivity (Wildman–Crippen MR) is 57.3 cm³/mol. The van der Waals surface area contributed by atoms with Crippen molar-refractivity contribution in [1.82, 2.24) is 9.97 Å². The highest BCUT2D eigenvalue weighted by Crippen LogP contribution is 2.19. The molecule has 4 heteroatoms. The number of nitrogens with zero attached hydrogens (tertiary/aromatic N) is 2. The Morgan fingerprint density at radius 3 is 2.60 bits per heavy atom. The monoisotopic (exact) mass is 199 g/mol. The van der Waals surface area contributed by atoms with Crippen LogP contribution in [0.15, 0.2) is 36.8 Å². The van der Waals surface area contributed by atoms with Crippen molar-refractivity contribution in [3.63, 3.8) is 0 Å². The maximum absolute atomic E-state index is 10.7. The van der Waals surface area contributed by atoms with E-state index in [-0.39, 0.29) is 5.82 Å². The van der Waals surface area contributed by atoms with Crippen LogP contribution in [0.2, 0.25) is 0 Å². The molecule has 4 nitrogen and oxygen atoms in total. The summed E-state index contributed by atoms with van der Waals surface area (Å²) in [6, 6.07) is 5.41. The van der Waals surface area contributed by atoms with E-state index >= 15 is 0 Å². The van der Waals surface area contributed by atoms with Gasteiger partial charge in [-0.25, -0.2) is 4.98 Å². The summed E-state index contributed by atoms with van der Waals surface area (Å²) in [6.45, 7) is 0. The Balaban J connectivity index is 2.51. The van der Waals surface area contributed by atoms with Crippen molar-refractivity contribution in [2.24, 2.45) is 0 Å². The quantitative estimate of drug-likeness (QED) is 0.745. The molecular formula is C11H9N3O. The molecule has 74 valence electrons. The standard InChI is InChI=1S/C11H9N3O/c12-11-10(7-15)5-9(6-14-11)8-1-3-13-4-2-8/h1-7H,(H2,12,14). The zero-order valence-corrected chi connectivity index (χ0v) is 7.92. The Bertz CT molecular complexity index is 482. The van der Waals surface area contributed by atoms with E-state index in [2.05, 4.69) is 9.97 Å². The number of rotatable bonds is 2. The molecular weight excluding hydrogens is 190 g/mol. The molecule has 0 bridgehead atoms. The summed E-state index contributed by atoms with van der Waals surface area (Å²) in [7, 11) is 0. The van der Waals surface area contributed by atoms with Crippen molar-refractivity contribution in [2.45, 2.75) is 0 Å². The average Bonchev–Trinajstić information content (AvgIpc) is 2.31. The maximum atomic E-state index is 10.7. The van der Waals surface area contributed by atoms with E-state index in [9.17, 15) is 4.79 Å². The minimum Gasteiger partial charge on any atom is -0.383 e. The van der Waals surface area contributed by atoms with Crippen LogP contribution in [-0.2, 0) is 0 Å². The van der Waals surface area contributed by atoms with Crippen molar-refractivity contribution in [1.29, 1.82) is 0 Å². The smallest absolute Gasteiger partial charge is 0.153 e. The molecule has 2 aromatic heterocycles. The van der Waals surface area contributed by atoms with Gasteiger partial charge in [0.15, 0.2) is 6.29 Å². The minimum absolute atomic E-state index is 0.253. The molecule has 2 aromatic rings. The topological polar surface area (TPSA) is 68.9 Å². The number of nitrogen functional groups attached to an aromatic ring is 1. The lowest BCUT2D eigenvalue weighted by Gasteiger charge is -2.02. The summed E-state index contributed by atoms with van der Waals surface area (Å²) in [5, 5.41) is 0. The van der Waals surface area contributed by atoms with Gasteiger partial charge < -0.3 is 5.73 Å². The molecule has 0 saturated heterocycles. The Labute approximate surface area is 86.8 Å². The zero-order valence-electron chi connectivity index (χ0n) is 7.92. The third-order valence-electron chi connectivity index (χ3n) is 2.09. The second-order valence-corrected chi connectivity index (χ2v) is 3.05. The molecule has 0 saturated carbocycles. The van der Waals surface area contributed by atoms with Gasteiger partial charge in [0.2, 0.25) is 0 Å². The van der Waals surface area contributed by atoms with Gasteiger partial charge in [0.1, 0.15) is 5.82 Å². The van der Waals surface area contributed by atoms with Gasteiger partial charge in [-0.2, -0.15) is 0 Å². The van der Waals surface area contributed by atoms with Crippen LogP contribution in [0, 0.1) is 0 Å². The molecule has 2 N–H and O–H groups in total. The number of hydrogen-bond acceptors (Lipinski definition) is 4. The summed E-state index contributed by atoms with van der Waals surface area (Å²) in [6.07, 6.45) is 5.71. The third-order valence-corrected chi connectivity index (χ3v) is 2.09. The number of aldehydes is 1. The molecule has 0 radical (unpaired) electrons. The van der Waals surface area contributed by atoms with Gasteiger partial charge in [-0.05, 0) is 23.8 Å². The van der Waals surface area contributed by atoms with Crippen molar-refractivity contribution >= 4 is 12.1 Å². The number of pyridine rings is 2. The van der Waals surface area contributed by atoms with E-state index in [1.54, 1.807) is 24.7 Å². The molecule has 2 heterocycles. The first-order valence-electron chi connectivity index (χ1n) is 4.42. The Kier molecular flexibility index (Phi) is 2.41. The highest BCUT2D eigenvalue weighted by Gasteiger charge is 2.02. The lowest BCUT2D eigenvalue weighted by Crippen LogP contribution is -1.96. The summed E-state index contributed by atoms with van der Waals surface area (Å²) in [4.78, 5) is 18.5. The second-order valence-electron chi connectivity index (χ2n) is 3.05. The molecule has 0 aliphatic heterocycles. The van der Waals surface area contributed by atoms with E-state index < -0.39 is 0 Å². The Morgan fingerprint density at radius 2 is 1.93 bits per heavy atom. The first-order chi connectivity index (χ1) is 7.31. The maximum Gasteiger partial charge on any atom is 0.153 e. The summed E-state index contributed by atoms with van der Waals surface area (Å²) < 4.78 is 0. The highest BCUT2D eigenvalue weighted by atomic mass is 16.1. The molecule has 0 amide bonds. The number of carbonyl (C=O) groups is 1. The van der Waals surface area contributed by atoms with E-state index in [0.29, 0.717) is 11.8 Å². The fraction of sp³-hybridized carbons (Fsp3) is 0. The van der Waals surface area contributed by atoms with E-state index in [1.807, 2.05) is 12.1 Å². The molecule has 2 rings (SSSR count). The Hall–Kier alpha value is -2.23. The summed E-state index contributed by atoms with van der Waals surface area (Å²) in [5.41, 5.74) is 7.74. The molecule has 0 aliphatic carbocycles. The van der Waals surface area contributed by atoms with Gasteiger partial charge in [0, 0.05) is 24.2 Å². The van der Waals surface area contributed by atoms with Crippen molar-refractivity contribution < 1.29 is 4.79 Å². The van der Waals surface area contributed by atoms with E-state index in [1.165, 1.54) is 0 Å². The van der Waals surface area contributed by atoms with Crippen LogP contribution in [0.4, 0.5) is 5.82 Å². The van der Waals surface area contributed by atoms with Gasteiger partial charge >= 0.3 is 0 Å². The van der Waals surface area contributed by atoms with Crippen LogP contribution < -0.4 is 5.73 Å². The van der Waals surface area contributed by atoms with E-state index in [4.69, 9.17) is 5.73 Å². The molecule has 0 atom stereocenters. The zero-order chi connectivity index (χ0) is 10.7. The lowest BCUT2D eigenvalue weighted by atomic mass is 10.1. The van der Waals surface area contributed by atoms with Crippen LogP contribution in [0.25, 0.3) is 11.1 Å². The minimum atomic E-state index is 0.253. The molecule has 0 aromatic carbocycles. The predicted octanol–water partition coefficient (Wildman–Crippen LogP) is 1.54. The first-order valence-corrected chi connectivity index (χ1v) is 4.42. The third kappa shape index (κ3) is 1.83. The molecule has 0 spiro atoms. The van der Waals surface area contributed by atoms with Crippen LogP contribution in [0.5, 0.6) is 0 Å². The number of carbonyl (C=O) groups excluding carboxylic acids is 1. The second kappa shape index (κ2) is 3.88. The highest BCUT2D eigenvalue weighted by molar-refractivity contribution is 5.84. The van der Waals surface area contributed by atoms with E-state index in [0.717, 1.165) is 11.1 Å². The average molecular weight is 199 g/mol. The van der Waals surface area contributed by atoms with Crippen molar-refractivity contribution in [3.05, 3.63) is 42.4 Å². The van der Waals surface area contributed by atoms with Gasteiger partial charge in [0.25, 0.3) is 0 Å². The summed E-state index contributed by atoms with van der Waals surface area (Å²) in [5.74, 6) is 0.253. The van der Waals surface area contributed by atoms with Gasteiger partial charge in [-0.3, -0.25) is 9.78 Å². The molecule has 0 aliphatic rings. The summed E-state index contributed by atoms with van der Waals surface area (Å²) >= 11 is 0. The number of aromatic nitrogens is 2. The van der Waals surface area contributed by atoms with Crippen molar-refractivity contribution in [2.75, 3.05) is 5.73 Å². The van der Waals surface area contributed by atoms with Crippen LogP contribution in [0.1, 0.15) is 10.4 Å². The lowest BCUT2D eigenvalue weighted by molar-refractivity contribution is 0.112. The largest absolute Gasteiger partial charge is 0.383 e. The van der Waals surface area contributed by atoms with Crippen LogP contribution in [0.3, 0.4) is 0 Å². The number of anilines is 1. The molecule has 0 fully saturated rings. The van der Waals surface area contributed by atoms with Crippen LogP contribution in [-0.4, -0.2) is 16.3 Å². The van der Waals surface area contributed by atoms with Gasteiger partial charge in [-0.15, -0.1) is 0 Å². The van der Waals surface area contributed by atoms with Crippen molar-refractivity contribution in [3.8, 4) is 11.1 Å². The van der Waals surface area contributed by atoms with Gasteiger partial charge in [-0.1, -0.05) is 0 Å². The first kappa shape index (κ1) is 9.33. The molecule has 0 unspecified atom stereocenters. The number of hydrogen-bond donors (Lipinski definition) is 1. The number of nitrogens with two attached hydrogens (primary N) is 1. The SMILES string of the molecule is Nc1ncc(-c2ccncc2)cc1C=O. The normalized spacial score (nSPS) is 9.87. The molecule has 15 heavy (non-hydrogen) atoms. The Morgan fingerprint density at radius 1 is 1.20 bits per heavy atom. The van der Waals surface area contributed by atoms with Gasteiger partial charge in [0.05, 0.1) is 5.56 Å². The van der Waals surface area contributed by atoms with Crippen LogP contribution >= 0.6 is 0 Å².